The molecule has 1 fully saturated rings. The van der Waals surface area contributed by atoms with E-state index in [-0.39, 0.29) is 23.8 Å². The third kappa shape index (κ3) is 4.07. The second-order valence-electron chi connectivity index (χ2n) is 8.90. The van der Waals surface area contributed by atoms with Gasteiger partial charge in [0.1, 0.15) is 6.04 Å². The summed E-state index contributed by atoms with van der Waals surface area (Å²) in [4.78, 5) is 43.0. The Balaban J connectivity index is 1.40. The second-order valence-corrected chi connectivity index (χ2v) is 8.90. The predicted octanol–water partition coefficient (Wildman–Crippen LogP) is 4.33. The number of nitrogens with zero attached hydrogens (tertiary/aromatic N) is 2. The van der Waals surface area contributed by atoms with E-state index in [1.165, 1.54) is 0 Å². The van der Waals surface area contributed by atoms with Gasteiger partial charge in [-0.25, -0.2) is 0 Å². The summed E-state index contributed by atoms with van der Waals surface area (Å²) >= 11 is 0. The predicted molar refractivity (Wildman–Crippen MR) is 130 cm³/mol. The molecule has 0 spiro atoms. The topological polar surface area (TPSA) is 69.7 Å². The van der Waals surface area contributed by atoms with Crippen molar-refractivity contribution in [3.63, 3.8) is 0 Å². The van der Waals surface area contributed by atoms with Gasteiger partial charge in [0.05, 0.1) is 23.8 Å². The highest BCUT2D eigenvalue weighted by molar-refractivity contribution is 6.11. The van der Waals surface area contributed by atoms with E-state index < -0.39 is 6.04 Å². The summed E-state index contributed by atoms with van der Waals surface area (Å²) in [6.07, 6.45) is 1.50. The molecule has 172 valence electrons. The van der Waals surface area contributed by atoms with Crippen molar-refractivity contribution in [2.75, 3.05) is 11.4 Å². The van der Waals surface area contributed by atoms with Crippen LogP contribution in [0, 0.1) is 0 Å². The molecule has 0 saturated carbocycles. The monoisotopic (exact) mass is 453 g/mol. The number of rotatable bonds is 5. The summed E-state index contributed by atoms with van der Waals surface area (Å²) in [5, 5.41) is 3.04. The summed E-state index contributed by atoms with van der Waals surface area (Å²) in [7, 11) is 0. The zero-order valence-electron chi connectivity index (χ0n) is 19.1. The third-order valence-corrected chi connectivity index (χ3v) is 6.67. The molecule has 3 amide bonds. The van der Waals surface area contributed by atoms with Crippen LogP contribution < -0.4 is 10.2 Å². The molecule has 3 aromatic rings. The van der Waals surface area contributed by atoms with Gasteiger partial charge in [-0.05, 0) is 55.2 Å². The molecule has 2 heterocycles. The number of benzene rings is 3. The molecule has 0 bridgehead atoms. The minimum absolute atomic E-state index is 0.0663. The standard InChI is InChI=1S/C28H27N3O3/c1-19(21-10-3-2-4-11-21)29-26(32)22-12-7-9-20(17-22)18-31-24-14-6-5-13-23(24)27(33)30-16-8-15-25(30)28(31)34/h2-7,9-14,17,19,25H,8,15-16,18H2,1H3,(H,29,32)/t19-,25-/m1/s1. The first-order valence-electron chi connectivity index (χ1n) is 11.7. The average molecular weight is 454 g/mol. The fraction of sp³-hybridized carbons (Fsp3) is 0.250. The Morgan fingerprint density at radius 3 is 2.59 bits per heavy atom. The quantitative estimate of drug-likeness (QED) is 0.625. The summed E-state index contributed by atoms with van der Waals surface area (Å²) in [5.41, 5.74) is 3.58. The van der Waals surface area contributed by atoms with Gasteiger partial charge in [-0.2, -0.15) is 0 Å². The van der Waals surface area contributed by atoms with E-state index in [2.05, 4.69) is 5.32 Å². The normalized spacial score (nSPS) is 18.2. The Labute approximate surface area is 199 Å². The van der Waals surface area contributed by atoms with Gasteiger partial charge in [0.15, 0.2) is 0 Å². The molecule has 6 nitrogen and oxygen atoms in total. The minimum atomic E-state index is -0.432. The molecule has 0 radical (unpaired) electrons. The molecular formula is C28H27N3O3. The smallest absolute Gasteiger partial charge is 0.256 e. The van der Waals surface area contributed by atoms with E-state index in [0.29, 0.717) is 36.3 Å². The minimum Gasteiger partial charge on any atom is -0.346 e. The van der Waals surface area contributed by atoms with Crippen molar-refractivity contribution >= 4 is 23.4 Å². The van der Waals surface area contributed by atoms with Crippen LogP contribution in [0.15, 0.2) is 78.9 Å². The van der Waals surface area contributed by atoms with Gasteiger partial charge in [0, 0.05) is 12.1 Å². The molecule has 34 heavy (non-hydrogen) atoms. The number of nitrogens with one attached hydrogen (secondary N) is 1. The molecule has 3 aromatic carbocycles. The van der Waals surface area contributed by atoms with Crippen LogP contribution in [0.1, 0.15) is 57.7 Å². The maximum Gasteiger partial charge on any atom is 0.256 e. The van der Waals surface area contributed by atoms with Crippen molar-refractivity contribution in [1.29, 1.82) is 0 Å². The van der Waals surface area contributed by atoms with Crippen LogP contribution in [0.5, 0.6) is 0 Å². The van der Waals surface area contributed by atoms with Crippen LogP contribution in [0.4, 0.5) is 5.69 Å². The van der Waals surface area contributed by atoms with Crippen molar-refractivity contribution in [1.82, 2.24) is 10.2 Å². The first kappa shape index (κ1) is 21.9. The van der Waals surface area contributed by atoms with Gasteiger partial charge in [-0.1, -0.05) is 54.6 Å². The number of hydrogen-bond donors (Lipinski definition) is 1. The Hall–Kier alpha value is -3.93. The van der Waals surface area contributed by atoms with Gasteiger partial charge in [-0.3, -0.25) is 14.4 Å². The van der Waals surface area contributed by atoms with Gasteiger partial charge >= 0.3 is 0 Å². The van der Waals surface area contributed by atoms with Gasteiger partial charge in [-0.15, -0.1) is 0 Å². The lowest BCUT2D eigenvalue weighted by atomic mass is 10.1. The molecule has 2 atom stereocenters. The van der Waals surface area contributed by atoms with Crippen LogP contribution in [0.25, 0.3) is 0 Å². The lowest BCUT2D eigenvalue weighted by Gasteiger charge is -2.26. The summed E-state index contributed by atoms with van der Waals surface area (Å²) in [5.74, 6) is -0.321. The highest BCUT2D eigenvalue weighted by atomic mass is 16.2. The lowest BCUT2D eigenvalue weighted by Crippen LogP contribution is -2.44. The molecule has 2 aliphatic rings. The van der Waals surface area contributed by atoms with Crippen molar-refractivity contribution < 1.29 is 14.4 Å². The van der Waals surface area contributed by atoms with E-state index in [4.69, 9.17) is 0 Å². The molecule has 0 aliphatic carbocycles. The van der Waals surface area contributed by atoms with E-state index in [1.807, 2.05) is 73.7 Å². The highest BCUT2D eigenvalue weighted by Gasteiger charge is 2.41. The molecular weight excluding hydrogens is 426 g/mol. The Morgan fingerprint density at radius 2 is 1.76 bits per heavy atom. The molecule has 5 rings (SSSR count). The zero-order valence-corrected chi connectivity index (χ0v) is 19.1. The van der Waals surface area contributed by atoms with Crippen molar-refractivity contribution in [3.8, 4) is 0 Å². The molecule has 2 aliphatic heterocycles. The maximum absolute atomic E-state index is 13.5. The van der Waals surface area contributed by atoms with Crippen LogP contribution in [-0.2, 0) is 11.3 Å². The number of anilines is 1. The molecule has 0 unspecified atom stereocenters. The maximum atomic E-state index is 13.5. The number of hydrogen-bond acceptors (Lipinski definition) is 3. The Bertz CT molecular complexity index is 1240. The summed E-state index contributed by atoms with van der Waals surface area (Å²) in [6, 6.07) is 23.9. The SMILES string of the molecule is C[C@@H](NC(=O)c1cccc(CN2C(=O)[C@H]3CCCN3C(=O)c3ccccc32)c1)c1ccccc1. The first-order valence-corrected chi connectivity index (χ1v) is 11.7. The third-order valence-electron chi connectivity index (χ3n) is 6.67. The average Bonchev–Trinajstić information content (AvgIpc) is 3.35. The Kier molecular flexibility index (Phi) is 5.88. The van der Waals surface area contributed by atoms with Crippen molar-refractivity contribution in [2.24, 2.45) is 0 Å². The van der Waals surface area contributed by atoms with Gasteiger partial charge < -0.3 is 15.1 Å². The van der Waals surface area contributed by atoms with Gasteiger partial charge in [0.2, 0.25) is 5.91 Å². The summed E-state index contributed by atoms with van der Waals surface area (Å²) < 4.78 is 0. The largest absolute Gasteiger partial charge is 0.346 e. The molecule has 1 N–H and O–H groups in total. The number of carbonyl (C=O) groups excluding carboxylic acids is 3. The molecule has 6 heteroatoms. The van der Waals surface area contributed by atoms with Gasteiger partial charge in [0.25, 0.3) is 11.8 Å². The van der Waals surface area contributed by atoms with Crippen LogP contribution >= 0.6 is 0 Å². The number of carbonyl (C=O) groups is 3. The van der Waals surface area contributed by atoms with E-state index in [0.717, 1.165) is 17.5 Å². The van der Waals surface area contributed by atoms with E-state index in [1.54, 1.807) is 21.9 Å². The van der Waals surface area contributed by atoms with Crippen LogP contribution in [0.3, 0.4) is 0 Å². The van der Waals surface area contributed by atoms with Crippen LogP contribution in [-0.4, -0.2) is 35.2 Å². The summed E-state index contributed by atoms with van der Waals surface area (Å²) in [6.45, 7) is 2.85. The lowest BCUT2D eigenvalue weighted by molar-refractivity contribution is -0.122. The highest BCUT2D eigenvalue weighted by Crippen LogP contribution is 2.33. The molecule has 0 aromatic heterocycles. The number of fused-ring (bicyclic) bond motifs is 2. The zero-order chi connectivity index (χ0) is 23.7. The number of para-hydroxylation sites is 1. The second kappa shape index (κ2) is 9.14. The van der Waals surface area contributed by atoms with Crippen LogP contribution in [0.2, 0.25) is 0 Å². The molecule has 1 saturated heterocycles. The van der Waals surface area contributed by atoms with Crippen molar-refractivity contribution in [3.05, 3.63) is 101 Å². The van der Waals surface area contributed by atoms with E-state index in [9.17, 15) is 14.4 Å². The fourth-order valence-electron chi connectivity index (χ4n) is 4.87. The van der Waals surface area contributed by atoms with E-state index >= 15 is 0 Å². The number of amides is 3. The fourth-order valence-corrected chi connectivity index (χ4v) is 4.87. The first-order chi connectivity index (χ1) is 16.5. The van der Waals surface area contributed by atoms with Crippen molar-refractivity contribution in [2.45, 2.75) is 38.4 Å². The Morgan fingerprint density at radius 1 is 1.00 bits per heavy atom.